The van der Waals surface area contributed by atoms with Crippen LogP contribution in [-0.2, 0) is 15.0 Å². The van der Waals surface area contributed by atoms with Crippen molar-refractivity contribution >= 4 is 28.9 Å². The molecule has 2 atom stereocenters. The molecule has 0 aliphatic carbocycles. The molecule has 0 saturated carbocycles. The van der Waals surface area contributed by atoms with Crippen LogP contribution in [0.5, 0.6) is 0 Å². The number of rotatable bonds is 2. The summed E-state index contributed by atoms with van der Waals surface area (Å²) in [6, 6.07) is 5.63. The third kappa shape index (κ3) is 2.22. The Morgan fingerprint density at radius 3 is 2.46 bits per heavy atom. The van der Waals surface area contributed by atoms with Crippen LogP contribution in [0.25, 0.3) is 0 Å². The summed E-state index contributed by atoms with van der Waals surface area (Å²) in [6.07, 6.45) is 1.34. The Morgan fingerprint density at radius 2 is 1.81 bits per heavy atom. The molecule has 0 saturated heterocycles. The first-order chi connectivity index (χ1) is 12.3. The quantitative estimate of drug-likeness (QED) is 0.711. The Morgan fingerprint density at radius 1 is 1.12 bits per heavy atom. The molecule has 2 aliphatic rings. The van der Waals surface area contributed by atoms with Gasteiger partial charge in [-0.2, -0.15) is 0 Å². The molecule has 3 N–H and O–H groups in total. The van der Waals surface area contributed by atoms with Gasteiger partial charge in [-0.15, -0.1) is 0 Å². The molecule has 2 aromatic rings. The van der Waals surface area contributed by atoms with Crippen LogP contribution in [0.15, 0.2) is 24.5 Å². The van der Waals surface area contributed by atoms with Crippen LogP contribution in [0, 0.1) is 6.92 Å². The van der Waals surface area contributed by atoms with E-state index in [4.69, 9.17) is 0 Å². The molecule has 1 aromatic carbocycles. The summed E-state index contributed by atoms with van der Waals surface area (Å²) in [5.41, 5.74) is 3.48. The number of aromatic nitrogens is 2. The first-order valence-corrected chi connectivity index (χ1v) is 8.34. The van der Waals surface area contributed by atoms with E-state index in [0.29, 0.717) is 11.3 Å². The molecule has 2 aliphatic heterocycles. The summed E-state index contributed by atoms with van der Waals surface area (Å²) in [5.74, 6) is -0.555. The molecule has 26 heavy (non-hydrogen) atoms. The number of carbonyl (C=O) groups is 2. The lowest BCUT2D eigenvalue weighted by atomic mass is 9.82. The molecule has 0 fully saturated rings. The smallest absolute Gasteiger partial charge is 0.244 e. The zero-order valence-electron chi connectivity index (χ0n) is 15.0. The minimum absolute atomic E-state index is 0.194. The molecule has 3 heterocycles. The number of nitrogens with one attached hydrogen (secondary N) is 3. The number of hydrogen-bond acceptors (Lipinski definition) is 6. The van der Waals surface area contributed by atoms with Gasteiger partial charge in [0, 0.05) is 31.0 Å². The highest BCUT2D eigenvalue weighted by atomic mass is 16.2. The maximum absolute atomic E-state index is 12.7. The molecular weight excluding hydrogens is 332 g/mol. The number of likely N-dealkylation sites (N-methyl/N-ethyl adjacent to an activating group) is 1. The average Bonchev–Trinajstić information content (AvgIpc) is 3.12. The molecule has 0 spiro atoms. The average molecular weight is 352 g/mol. The third-order valence-corrected chi connectivity index (χ3v) is 4.95. The zero-order valence-corrected chi connectivity index (χ0v) is 15.0. The van der Waals surface area contributed by atoms with E-state index >= 15 is 0 Å². The second-order valence-electron chi connectivity index (χ2n) is 7.03. The van der Waals surface area contributed by atoms with Crippen molar-refractivity contribution in [1.82, 2.24) is 14.9 Å². The predicted octanol–water partition coefficient (Wildman–Crippen LogP) is 1.62. The molecule has 0 bridgehead atoms. The molecule has 2 amide bonds. The van der Waals surface area contributed by atoms with Gasteiger partial charge >= 0.3 is 0 Å². The summed E-state index contributed by atoms with van der Waals surface area (Å²) in [4.78, 5) is 35.1. The first kappa shape index (κ1) is 16.3. The van der Waals surface area contributed by atoms with Crippen LogP contribution < -0.4 is 16.0 Å². The number of carbonyl (C=O) groups excluding carboxylic acids is 2. The highest BCUT2D eigenvalue weighted by molar-refractivity contribution is 6.20. The van der Waals surface area contributed by atoms with Crippen molar-refractivity contribution in [1.29, 1.82) is 0 Å². The van der Waals surface area contributed by atoms with E-state index in [1.807, 2.05) is 25.1 Å². The van der Waals surface area contributed by atoms with E-state index in [2.05, 4.69) is 25.9 Å². The van der Waals surface area contributed by atoms with Gasteiger partial charge in [-0.25, -0.2) is 9.97 Å². The number of benzene rings is 1. The summed E-state index contributed by atoms with van der Waals surface area (Å²) >= 11 is 0. The van der Waals surface area contributed by atoms with Crippen LogP contribution >= 0.6 is 0 Å². The topological polar surface area (TPSA) is 99.2 Å². The molecular formula is C18H20N6O2. The molecule has 4 rings (SSSR count). The van der Waals surface area contributed by atoms with Gasteiger partial charge in [-0.05, 0) is 32.0 Å². The van der Waals surface area contributed by atoms with Crippen LogP contribution in [0.1, 0.15) is 30.0 Å². The summed E-state index contributed by atoms with van der Waals surface area (Å²) in [6.45, 7) is 3.58. The maximum atomic E-state index is 12.7. The van der Waals surface area contributed by atoms with E-state index in [-0.39, 0.29) is 18.0 Å². The lowest BCUT2D eigenvalue weighted by Gasteiger charge is -2.25. The number of anilines is 3. The number of nitrogens with zero attached hydrogens (tertiary/aromatic N) is 3. The van der Waals surface area contributed by atoms with E-state index in [1.165, 1.54) is 11.2 Å². The standard InChI is InChI=1S/C18H20N6O2/c1-9-5-14(20-8-19-9)15-21-12-6-10-11(7-13(12)22-15)23-16(25)18(10,2)17(26)24(3)4/h5-8,15,21-22H,1-4H3,(H,23,25). The third-order valence-electron chi connectivity index (χ3n) is 4.95. The van der Waals surface area contributed by atoms with Crippen LogP contribution in [-0.4, -0.2) is 40.8 Å². The van der Waals surface area contributed by atoms with E-state index in [1.54, 1.807) is 21.0 Å². The van der Waals surface area contributed by atoms with Gasteiger partial charge < -0.3 is 20.9 Å². The van der Waals surface area contributed by atoms with Crippen molar-refractivity contribution in [2.24, 2.45) is 0 Å². The molecule has 8 heteroatoms. The molecule has 8 nitrogen and oxygen atoms in total. The van der Waals surface area contributed by atoms with Gasteiger partial charge in [0.2, 0.25) is 11.8 Å². The molecule has 134 valence electrons. The lowest BCUT2D eigenvalue weighted by Crippen LogP contribution is -2.46. The zero-order chi connectivity index (χ0) is 18.6. The van der Waals surface area contributed by atoms with Crippen molar-refractivity contribution < 1.29 is 9.59 Å². The number of amides is 2. The molecule has 1 aromatic heterocycles. The Labute approximate surface area is 151 Å². The Hall–Kier alpha value is -3.16. The van der Waals surface area contributed by atoms with Gasteiger partial charge in [-0.1, -0.05) is 0 Å². The van der Waals surface area contributed by atoms with Gasteiger partial charge in [0.05, 0.1) is 17.1 Å². The van der Waals surface area contributed by atoms with E-state index < -0.39 is 5.41 Å². The molecule has 0 radical (unpaired) electrons. The fourth-order valence-electron chi connectivity index (χ4n) is 3.51. The van der Waals surface area contributed by atoms with Crippen molar-refractivity contribution in [2.45, 2.75) is 25.4 Å². The highest BCUT2D eigenvalue weighted by Crippen LogP contribution is 2.46. The fraction of sp³-hybridized carbons (Fsp3) is 0.333. The monoisotopic (exact) mass is 352 g/mol. The second kappa shape index (κ2) is 5.42. The van der Waals surface area contributed by atoms with Gasteiger partial charge in [0.15, 0.2) is 5.41 Å². The van der Waals surface area contributed by atoms with Crippen LogP contribution in [0.3, 0.4) is 0 Å². The van der Waals surface area contributed by atoms with Crippen LogP contribution in [0.4, 0.5) is 17.1 Å². The van der Waals surface area contributed by atoms with E-state index in [0.717, 1.165) is 22.8 Å². The number of fused-ring (bicyclic) bond motifs is 2. The number of aryl methyl sites for hydroxylation is 1. The Balaban J connectivity index is 1.72. The summed E-state index contributed by atoms with van der Waals surface area (Å²) in [5, 5.41) is 9.55. The normalized spacial score (nSPS) is 22.8. The van der Waals surface area contributed by atoms with Gasteiger partial charge in [-0.3, -0.25) is 9.59 Å². The largest absolute Gasteiger partial charge is 0.359 e. The van der Waals surface area contributed by atoms with Crippen molar-refractivity contribution in [3.05, 3.63) is 41.5 Å². The van der Waals surface area contributed by atoms with E-state index in [9.17, 15) is 9.59 Å². The van der Waals surface area contributed by atoms with Crippen molar-refractivity contribution in [3.63, 3.8) is 0 Å². The SMILES string of the molecule is Cc1cc(C2Nc3cc4c(cc3N2)C(C)(C(=O)N(C)C)C(=O)N4)ncn1. The van der Waals surface area contributed by atoms with Crippen molar-refractivity contribution in [2.75, 3.05) is 30.0 Å². The van der Waals surface area contributed by atoms with Crippen LogP contribution in [0.2, 0.25) is 0 Å². The lowest BCUT2D eigenvalue weighted by molar-refractivity contribution is -0.139. The Bertz CT molecular complexity index is 941. The second-order valence-corrected chi connectivity index (χ2v) is 7.03. The number of hydrogen-bond donors (Lipinski definition) is 3. The highest BCUT2D eigenvalue weighted by Gasteiger charge is 2.50. The first-order valence-electron chi connectivity index (χ1n) is 8.34. The fourth-order valence-corrected chi connectivity index (χ4v) is 3.51. The van der Waals surface area contributed by atoms with Crippen molar-refractivity contribution in [3.8, 4) is 0 Å². The predicted molar refractivity (Wildman–Crippen MR) is 97.9 cm³/mol. The maximum Gasteiger partial charge on any atom is 0.244 e. The minimum atomic E-state index is -1.24. The van der Waals surface area contributed by atoms with Gasteiger partial charge in [0.25, 0.3) is 0 Å². The minimum Gasteiger partial charge on any atom is -0.359 e. The summed E-state index contributed by atoms with van der Waals surface area (Å²) in [7, 11) is 3.30. The Kier molecular flexibility index (Phi) is 3.40. The van der Waals surface area contributed by atoms with Gasteiger partial charge in [0.1, 0.15) is 12.5 Å². The molecule has 2 unspecified atom stereocenters. The summed E-state index contributed by atoms with van der Waals surface area (Å²) < 4.78 is 0.